The zero-order valence-electron chi connectivity index (χ0n) is 11.3. The second-order valence-electron chi connectivity index (χ2n) is 5.28. The van der Waals surface area contributed by atoms with E-state index in [-0.39, 0.29) is 0 Å². The molecule has 0 bridgehead atoms. The average Bonchev–Trinajstić information content (AvgIpc) is 2.32. The number of halogens is 1. The van der Waals surface area contributed by atoms with Crippen molar-refractivity contribution in [2.75, 3.05) is 0 Å². The summed E-state index contributed by atoms with van der Waals surface area (Å²) in [7, 11) is -1.16. The lowest BCUT2D eigenvalue weighted by atomic mass is 10.1. The summed E-state index contributed by atoms with van der Waals surface area (Å²) >= 11 is 3.47. The maximum Gasteiger partial charge on any atom is 0.0579 e. The van der Waals surface area contributed by atoms with Gasteiger partial charge in [-0.05, 0) is 36.2 Å². The molecular weight excluding hydrogens is 300 g/mol. The van der Waals surface area contributed by atoms with E-state index in [0.717, 1.165) is 4.47 Å². The molecule has 0 aliphatic rings. The molecule has 0 N–H and O–H groups in total. The smallest absolute Gasteiger partial charge is 0.0579 e. The maximum atomic E-state index is 3.90. The molecule has 0 saturated carbocycles. The molecule has 0 spiro atoms. The van der Waals surface area contributed by atoms with Crippen molar-refractivity contribution in [3.63, 3.8) is 0 Å². The summed E-state index contributed by atoms with van der Waals surface area (Å²) in [4.78, 5) is 0. The van der Waals surface area contributed by atoms with Crippen LogP contribution in [0.5, 0.6) is 0 Å². The SMILES string of the molecule is C=CC[Si](C)(CC=C)CCCc1ccc(Br)cc1. The molecule has 0 amide bonds. The third-order valence-corrected chi connectivity index (χ3v) is 8.07. The molecule has 0 heterocycles. The Kier molecular flexibility index (Phi) is 6.65. The van der Waals surface area contributed by atoms with Crippen molar-refractivity contribution >= 4 is 24.0 Å². The van der Waals surface area contributed by atoms with Crippen molar-refractivity contribution in [3.8, 4) is 0 Å². The van der Waals surface area contributed by atoms with Crippen LogP contribution < -0.4 is 0 Å². The van der Waals surface area contributed by atoms with Crippen LogP contribution in [-0.4, -0.2) is 8.07 Å². The number of aryl methyl sites for hydroxylation is 1. The summed E-state index contributed by atoms with van der Waals surface area (Å²) in [5.74, 6) is 0. The van der Waals surface area contributed by atoms with Crippen LogP contribution >= 0.6 is 15.9 Å². The molecule has 1 aromatic carbocycles. The van der Waals surface area contributed by atoms with Gasteiger partial charge in [0, 0.05) is 4.47 Å². The average molecular weight is 323 g/mol. The lowest BCUT2D eigenvalue weighted by Gasteiger charge is -2.24. The van der Waals surface area contributed by atoms with Gasteiger partial charge >= 0.3 is 0 Å². The van der Waals surface area contributed by atoms with Crippen LogP contribution in [0.4, 0.5) is 0 Å². The number of rotatable bonds is 8. The first-order valence-electron chi connectivity index (χ1n) is 6.56. The topological polar surface area (TPSA) is 0 Å². The van der Waals surface area contributed by atoms with Gasteiger partial charge in [-0.1, -0.05) is 59.2 Å². The Morgan fingerprint density at radius 1 is 1.11 bits per heavy atom. The highest BCUT2D eigenvalue weighted by Crippen LogP contribution is 2.24. The van der Waals surface area contributed by atoms with Crippen molar-refractivity contribution in [1.82, 2.24) is 0 Å². The fourth-order valence-electron chi connectivity index (χ4n) is 2.35. The molecule has 0 aliphatic carbocycles. The first-order chi connectivity index (χ1) is 8.59. The third kappa shape index (κ3) is 5.36. The fourth-order valence-corrected chi connectivity index (χ4v) is 5.62. The van der Waals surface area contributed by atoms with Gasteiger partial charge in [0.05, 0.1) is 8.07 Å². The van der Waals surface area contributed by atoms with Gasteiger partial charge in [-0.15, -0.1) is 13.2 Å². The van der Waals surface area contributed by atoms with Crippen LogP contribution in [0.1, 0.15) is 12.0 Å². The molecule has 0 fully saturated rings. The van der Waals surface area contributed by atoms with Gasteiger partial charge in [0.1, 0.15) is 0 Å². The van der Waals surface area contributed by atoms with E-state index in [1.807, 2.05) is 0 Å². The van der Waals surface area contributed by atoms with Crippen LogP contribution in [0.2, 0.25) is 24.7 Å². The van der Waals surface area contributed by atoms with Crippen molar-refractivity contribution in [1.29, 1.82) is 0 Å². The monoisotopic (exact) mass is 322 g/mol. The quantitative estimate of drug-likeness (QED) is 0.417. The van der Waals surface area contributed by atoms with Crippen LogP contribution in [0.15, 0.2) is 54.0 Å². The van der Waals surface area contributed by atoms with Gasteiger partial charge in [0.2, 0.25) is 0 Å². The van der Waals surface area contributed by atoms with Crippen molar-refractivity contribution in [3.05, 3.63) is 59.6 Å². The van der Waals surface area contributed by atoms with E-state index in [4.69, 9.17) is 0 Å². The van der Waals surface area contributed by atoms with Gasteiger partial charge in [-0.2, -0.15) is 0 Å². The molecule has 0 atom stereocenters. The minimum absolute atomic E-state index is 1.16. The zero-order valence-corrected chi connectivity index (χ0v) is 13.9. The largest absolute Gasteiger partial charge is 0.103 e. The Balaban J connectivity index is 2.45. The Morgan fingerprint density at radius 2 is 1.67 bits per heavy atom. The zero-order chi connectivity index (χ0) is 13.4. The predicted molar refractivity (Wildman–Crippen MR) is 88.9 cm³/mol. The van der Waals surface area contributed by atoms with Crippen LogP contribution in [0.3, 0.4) is 0 Å². The minimum Gasteiger partial charge on any atom is -0.103 e. The van der Waals surface area contributed by atoms with Gasteiger partial charge in [-0.25, -0.2) is 0 Å². The van der Waals surface area contributed by atoms with E-state index in [1.54, 1.807) is 0 Å². The Bertz CT molecular complexity index is 371. The molecule has 0 radical (unpaired) electrons. The fraction of sp³-hybridized carbons (Fsp3) is 0.375. The number of benzene rings is 1. The predicted octanol–water partition coefficient (Wildman–Crippen LogP) is 5.83. The van der Waals surface area contributed by atoms with E-state index < -0.39 is 8.07 Å². The van der Waals surface area contributed by atoms with Gasteiger partial charge in [-0.3, -0.25) is 0 Å². The molecular formula is C16H23BrSi. The highest BCUT2D eigenvalue weighted by atomic mass is 79.9. The van der Waals surface area contributed by atoms with E-state index in [9.17, 15) is 0 Å². The van der Waals surface area contributed by atoms with Crippen LogP contribution in [-0.2, 0) is 6.42 Å². The summed E-state index contributed by atoms with van der Waals surface area (Å²) in [6, 6.07) is 12.5. The second-order valence-corrected chi connectivity index (χ2v) is 11.1. The maximum absolute atomic E-state index is 3.90. The number of allylic oxidation sites excluding steroid dienone is 2. The normalized spacial score (nSPS) is 11.2. The molecule has 0 aliphatic heterocycles. The molecule has 0 unspecified atom stereocenters. The Hall–Kier alpha value is -0.603. The van der Waals surface area contributed by atoms with Gasteiger partial charge < -0.3 is 0 Å². The molecule has 2 heteroatoms. The number of hydrogen-bond donors (Lipinski definition) is 0. The Morgan fingerprint density at radius 3 is 2.17 bits per heavy atom. The highest BCUT2D eigenvalue weighted by molar-refractivity contribution is 9.10. The first kappa shape index (κ1) is 15.5. The molecule has 1 rings (SSSR count). The molecule has 1 aromatic rings. The summed E-state index contributed by atoms with van der Waals surface area (Å²) in [5, 5.41) is 0. The second kappa shape index (κ2) is 7.75. The third-order valence-electron chi connectivity index (χ3n) is 3.43. The first-order valence-corrected chi connectivity index (χ1v) is 10.5. The standard InChI is InChI=1S/C16H23BrSi/c1-4-12-18(3,13-5-2)14-6-7-15-8-10-16(17)11-9-15/h4-5,8-11H,1-2,6-7,12-14H2,3H3. The van der Waals surface area contributed by atoms with E-state index in [2.05, 4.69) is 72.1 Å². The Labute approximate surface area is 121 Å². The van der Waals surface area contributed by atoms with Crippen LogP contribution in [0.25, 0.3) is 0 Å². The van der Waals surface area contributed by atoms with Crippen molar-refractivity contribution in [2.24, 2.45) is 0 Å². The lowest BCUT2D eigenvalue weighted by Crippen LogP contribution is -2.28. The van der Waals surface area contributed by atoms with E-state index in [1.165, 1.54) is 36.5 Å². The van der Waals surface area contributed by atoms with Crippen molar-refractivity contribution < 1.29 is 0 Å². The molecule has 98 valence electrons. The van der Waals surface area contributed by atoms with Gasteiger partial charge in [0.25, 0.3) is 0 Å². The summed E-state index contributed by atoms with van der Waals surface area (Å²) < 4.78 is 1.16. The summed E-state index contributed by atoms with van der Waals surface area (Å²) in [6.07, 6.45) is 6.65. The summed E-state index contributed by atoms with van der Waals surface area (Å²) in [6.45, 7) is 10.3. The summed E-state index contributed by atoms with van der Waals surface area (Å²) in [5.41, 5.74) is 1.44. The van der Waals surface area contributed by atoms with Crippen molar-refractivity contribution in [2.45, 2.75) is 37.5 Å². The van der Waals surface area contributed by atoms with E-state index >= 15 is 0 Å². The molecule has 18 heavy (non-hydrogen) atoms. The highest BCUT2D eigenvalue weighted by Gasteiger charge is 2.22. The molecule has 0 aromatic heterocycles. The lowest BCUT2D eigenvalue weighted by molar-refractivity contribution is 0.895. The van der Waals surface area contributed by atoms with E-state index in [0.29, 0.717) is 0 Å². The molecule has 0 nitrogen and oxygen atoms in total. The minimum atomic E-state index is -1.16. The van der Waals surface area contributed by atoms with Gasteiger partial charge in [0.15, 0.2) is 0 Å². The van der Waals surface area contributed by atoms with Crippen LogP contribution in [0, 0.1) is 0 Å². The number of hydrogen-bond acceptors (Lipinski definition) is 0. The molecule has 0 saturated heterocycles.